The highest BCUT2D eigenvalue weighted by atomic mass is 16.5. The minimum Gasteiger partial charge on any atom is -0.462 e. The molecule has 0 saturated heterocycles. The van der Waals surface area contributed by atoms with Gasteiger partial charge in [-0.2, -0.15) is 0 Å². The number of aromatic nitrogens is 5. The van der Waals surface area contributed by atoms with Crippen molar-refractivity contribution >= 4 is 11.8 Å². The van der Waals surface area contributed by atoms with E-state index >= 15 is 0 Å². The van der Waals surface area contributed by atoms with E-state index in [1.54, 1.807) is 48.3 Å². The quantitative estimate of drug-likeness (QED) is 0.677. The van der Waals surface area contributed by atoms with E-state index in [9.17, 15) is 4.79 Å². The molecule has 0 aliphatic heterocycles. The zero-order chi connectivity index (χ0) is 17.6. The highest BCUT2D eigenvalue weighted by molar-refractivity contribution is 5.89. The molecule has 8 nitrogen and oxygen atoms in total. The third kappa shape index (κ3) is 4.37. The second-order valence-electron chi connectivity index (χ2n) is 5.49. The number of nitrogen functional groups attached to an aromatic ring is 1. The van der Waals surface area contributed by atoms with Crippen LogP contribution < -0.4 is 5.73 Å². The van der Waals surface area contributed by atoms with Crippen LogP contribution in [-0.4, -0.2) is 37.5 Å². The summed E-state index contributed by atoms with van der Waals surface area (Å²) in [7, 11) is 0. The molecule has 0 unspecified atom stereocenters. The van der Waals surface area contributed by atoms with Gasteiger partial charge in [-0.3, -0.25) is 0 Å². The number of hydrogen-bond donors (Lipinski definition) is 1. The normalized spacial score (nSPS) is 10.6. The van der Waals surface area contributed by atoms with Gasteiger partial charge in [-0.15, -0.1) is 5.10 Å². The first-order chi connectivity index (χ1) is 12.1. The highest BCUT2D eigenvalue weighted by Crippen LogP contribution is 2.09. The summed E-state index contributed by atoms with van der Waals surface area (Å²) < 4.78 is 6.89. The zero-order valence-corrected chi connectivity index (χ0v) is 13.8. The molecule has 2 aromatic heterocycles. The van der Waals surface area contributed by atoms with Crippen LogP contribution in [0.15, 0.2) is 42.7 Å². The molecular formula is C17H18N6O2. The van der Waals surface area contributed by atoms with E-state index in [2.05, 4.69) is 20.3 Å². The first kappa shape index (κ1) is 16.6. The minimum atomic E-state index is -0.349. The molecule has 0 amide bonds. The topological polar surface area (TPSA) is 109 Å². The number of anilines is 1. The first-order valence-electron chi connectivity index (χ1n) is 7.81. The van der Waals surface area contributed by atoms with Crippen molar-refractivity contribution in [1.82, 2.24) is 25.0 Å². The number of carbonyl (C=O) groups is 1. The lowest BCUT2D eigenvalue weighted by Crippen LogP contribution is -2.08. The van der Waals surface area contributed by atoms with E-state index in [1.165, 1.54) is 0 Å². The summed E-state index contributed by atoms with van der Waals surface area (Å²) in [4.78, 5) is 20.1. The largest absolute Gasteiger partial charge is 0.462 e. The number of ether oxygens (including phenoxy) is 1. The van der Waals surface area contributed by atoms with Crippen molar-refractivity contribution in [3.05, 3.63) is 65.4 Å². The fraction of sp³-hybridized carbons (Fsp3) is 0.235. The summed E-state index contributed by atoms with van der Waals surface area (Å²) in [6.07, 6.45) is 3.95. The van der Waals surface area contributed by atoms with Gasteiger partial charge in [0.25, 0.3) is 0 Å². The fourth-order valence-electron chi connectivity index (χ4n) is 2.25. The maximum Gasteiger partial charge on any atom is 0.338 e. The Morgan fingerprint density at radius 2 is 2.08 bits per heavy atom. The van der Waals surface area contributed by atoms with Crippen LogP contribution in [0, 0.1) is 6.92 Å². The summed E-state index contributed by atoms with van der Waals surface area (Å²) in [6, 6.07) is 8.87. The van der Waals surface area contributed by atoms with E-state index in [4.69, 9.17) is 10.5 Å². The van der Waals surface area contributed by atoms with Crippen LogP contribution in [0.3, 0.4) is 0 Å². The Kier molecular flexibility index (Phi) is 4.98. The summed E-state index contributed by atoms with van der Waals surface area (Å²) in [6.45, 7) is 2.45. The van der Waals surface area contributed by atoms with Gasteiger partial charge in [0.1, 0.15) is 11.6 Å². The van der Waals surface area contributed by atoms with Crippen LogP contribution in [0.4, 0.5) is 5.82 Å². The third-order valence-electron chi connectivity index (χ3n) is 3.54. The van der Waals surface area contributed by atoms with Gasteiger partial charge in [0.2, 0.25) is 0 Å². The SMILES string of the molecule is Cc1ncc(Cn2cc(CCOC(=O)c3ccccc3)nn2)c(N)n1. The molecule has 0 fully saturated rings. The average molecular weight is 338 g/mol. The standard InChI is InChI=1S/C17H18N6O2/c1-12-19-9-14(16(18)20-12)10-23-11-15(21-22-23)7-8-25-17(24)13-5-3-2-4-6-13/h2-6,9,11H,7-8,10H2,1H3,(H2,18,19,20). The van der Waals surface area contributed by atoms with Gasteiger partial charge in [-0.25, -0.2) is 19.4 Å². The number of esters is 1. The van der Waals surface area contributed by atoms with Gasteiger partial charge in [0, 0.05) is 24.4 Å². The molecule has 0 spiro atoms. The van der Waals surface area contributed by atoms with Crippen LogP contribution in [0.2, 0.25) is 0 Å². The molecule has 1 aromatic carbocycles. The van der Waals surface area contributed by atoms with Gasteiger partial charge >= 0.3 is 5.97 Å². The van der Waals surface area contributed by atoms with Crippen LogP contribution >= 0.6 is 0 Å². The third-order valence-corrected chi connectivity index (χ3v) is 3.54. The van der Waals surface area contributed by atoms with E-state index < -0.39 is 0 Å². The molecule has 2 N–H and O–H groups in total. The molecule has 8 heteroatoms. The predicted octanol–water partition coefficient (Wildman–Crippen LogP) is 1.41. The molecule has 0 atom stereocenters. The fourth-order valence-corrected chi connectivity index (χ4v) is 2.25. The van der Waals surface area contributed by atoms with E-state index in [0.717, 1.165) is 11.3 Å². The van der Waals surface area contributed by atoms with Crippen molar-refractivity contribution in [2.75, 3.05) is 12.3 Å². The molecule has 0 aliphatic carbocycles. The molecule has 3 aromatic rings. The van der Waals surface area contributed by atoms with E-state index in [1.807, 2.05) is 6.07 Å². The highest BCUT2D eigenvalue weighted by Gasteiger charge is 2.08. The van der Waals surface area contributed by atoms with Gasteiger partial charge in [0.15, 0.2) is 0 Å². The van der Waals surface area contributed by atoms with E-state index in [-0.39, 0.29) is 12.6 Å². The summed E-state index contributed by atoms with van der Waals surface area (Å²) in [5, 5.41) is 8.12. The van der Waals surface area contributed by atoms with Crippen molar-refractivity contribution in [3.63, 3.8) is 0 Å². The Bertz CT molecular complexity index is 863. The number of hydrogen-bond acceptors (Lipinski definition) is 7. The van der Waals surface area contributed by atoms with Crippen LogP contribution in [0.5, 0.6) is 0 Å². The lowest BCUT2D eigenvalue weighted by molar-refractivity contribution is 0.0508. The van der Waals surface area contributed by atoms with E-state index in [0.29, 0.717) is 30.2 Å². The van der Waals surface area contributed by atoms with Gasteiger partial charge < -0.3 is 10.5 Å². The van der Waals surface area contributed by atoms with Crippen LogP contribution in [-0.2, 0) is 17.7 Å². The monoisotopic (exact) mass is 338 g/mol. The maximum atomic E-state index is 11.9. The summed E-state index contributed by atoms with van der Waals surface area (Å²) in [5.41, 5.74) is 7.91. The minimum absolute atomic E-state index is 0.238. The Labute approximate surface area is 144 Å². The molecular weight excluding hydrogens is 320 g/mol. The molecule has 3 rings (SSSR count). The lowest BCUT2D eigenvalue weighted by atomic mass is 10.2. The second-order valence-corrected chi connectivity index (χ2v) is 5.49. The Morgan fingerprint density at radius 1 is 1.28 bits per heavy atom. The number of aryl methyl sites for hydroxylation is 1. The first-order valence-corrected chi connectivity index (χ1v) is 7.81. The van der Waals surface area contributed by atoms with Crippen molar-refractivity contribution in [2.45, 2.75) is 19.9 Å². The van der Waals surface area contributed by atoms with Gasteiger partial charge in [-0.05, 0) is 19.1 Å². The number of nitrogens with zero attached hydrogens (tertiary/aromatic N) is 5. The van der Waals surface area contributed by atoms with Crippen molar-refractivity contribution < 1.29 is 9.53 Å². The summed E-state index contributed by atoms with van der Waals surface area (Å²) in [5.74, 6) is 0.708. The lowest BCUT2D eigenvalue weighted by Gasteiger charge is -2.04. The maximum absolute atomic E-state index is 11.9. The second kappa shape index (κ2) is 7.52. The van der Waals surface area contributed by atoms with Crippen LogP contribution in [0.1, 0.15) is 27.4 Å². The Morgan fingerprint density at radius 3 is 2.84 bits per heavy atom. The number of benzene rings is 1. The molecule has 0 saturated carbocycles. The molecule has 0 bridgehead atoms. The Balaban J connectivity index is 1.52. The predicted molar refractivity (Wildman–Crippen MR) is 90.7 cm³/mol. The van der Waals surface area contributed by atoms with Gasteiger partial charge in [0.05, 0.1) is 24.4 Å². The van der Waals surface area contributed by atoms with Crippen molar-refractivity contribution in [2.24, 2.45) is 0 Å². The molecule has 128 valence electrons. The van der Waals surface area contributed by atoms with Crippen molar-refractivity contribution in [1.29, 1.82) is 0 Å². The van der Waals surface area contributed by atoms with Gasteiger partial charge in [-0.1, -0.05) is 23.4 Å². The molecule has 0 aliphatic rings. The average Bonchev–Trinajstić information content (AvgIpc) is 3.05. The number of rotatable bonds is 6. The summed E-state index contributed by atoms with van der Waals surface area (Å²) >= 11 is 0. The molecule has 0 radical (unpaired) electrons. The number of nitrogens with two attached hydrogens (primary N) is 1. The molecule has 25 heavy (non-hydrogen) atoms. The Hall–Kier alpha value is -3.29. The van der Waals surface area contributed by atoms with Crippen LogP contribution in [0.25, 0.3) is 0 Å². The zero-order valence-electron chi connectivity index (χ0n) is 13.8. The number of carbonyl (C=O) groups excluding carboxylic acids is 1. The molecule has 2 heterocycles. The smallest absolute Gasteiger partial charge is 0.338 e. The van der Waals surface area contributed by atoms with Crippen molar-refractivity contribution in [3.8, 4) is 0 Å².